The number of hydrogen-bond donors (Lipinski definition) is 2. The maximum Gasteiger partial charge on any atom is 0.327 e. The zero-order chi connectivity index (χ0) is 9.72. The fourth-order valence-corrected chi connectivity index (χ4v) is 0.796. The van der Waals surface area contributed by atoms with Crippen molar-refractivity contribution in [1.82, 2.24) is 10.2 Å². The molecular formula is C7H14N2O3. The van der Waals surface area contributed by atoms with Crippen molar-refractivity contribution in [3.63, 3.8) is 0 Å². The van der Waals surface area contributed by atoms with Crippen LogP contribution in [0.2, 0.25) is 0 Å². The van der Waals surface area contributed by atoms with Crippen molar-refractivity contribution in [1.29, 1.82) is 0 Å². The Hall–Kier alpha value is -1.10. The van der Waals surface area contributed by atoms with Crippen LogP contribution < -0.4 is 5.32 Å². The maximum atomic E-state index is 10.5. The van der Waals surface area contributed by atoms with Crippen LogP contribution >= 0.6 is 0 Å². The van der Waals surface area contributed by atoms with Crippen LogP contribution in [-0.2, 0) is 9.59 Å². The predicted octanol–water partition coefficient (Wildman–Crippen LogP) is -0.863. The Morgan fingerprint density at radius 1 is 1.50 bits per heavy atom. The van der Waals surface area contributed by atoms with Crippen molar-refractivity contribution in [2.75, 3.05) is 20.6 Å². The Kier molecular flexibility index (Phi) is 4.28. The second kappa shape index (κ2) is 4.71. The molecule has 0 rings (SSSR count). The molecule has 0 fully saturated rings. The molecule has 0 aliphatic rings. The number of rotatable bonds is 4. The molecule has 0 aromatic heterocycles. The number of amides is 1. The number of nitrogens with zero attached hydrogens (tertiary/aromatic N) is 1. The summed E-state index contributed by atoms with van der Waals surface area (Å²) in [6, 6.07) is -0.822. The summed E-state index contributed by atoms with van der Waals surface area (Å²) in [5, 5.41) is 11.0. The monoisotopic (exact) mass is 174 g/mol. The minimum atomic E-state index is -1.01. The summed E-state index contributed by atoms with van der Waals surface area (Å²) in [7, 11) is 3.50. The summed E-state index contributed by atoms with van der Waals surface area (Å²) in [6.07, 6.45) is 0. The van der Waals surface area contributed by atoms with Gasteiger partial charge >= 0.3 is 5.97 Å². The number of carbonyl (C=O) groups excluding carboxylic acids is 1. The lowest BCUT2D eigenvalue weighted by molar-refractivity contribution is -0.141. The molecule has 0 aliphatic carbocycles. The van der Waals surface area contributed by atoms with Crippen molar-refractivity contribution < 1.29 is 14.7 Å². The van der Waals surface area contributed by atoms with Crippen LogP contribution in [0.5, 0.6) is 0 Å². The van der Waals surface area contributed by atoms with Crippen molar-refractivity contribution in [3.05, 3.63) is 0 Å². The molecule has 0 spiro atoms. The lowest BCUT2D eigenvalue weighted by Gasteiger charge is -2.17. The van der Waals surface area contributed by atoms with E-state index < -0.39 is 12.0 Å². The second-order valence-corrected chi connectivity index (χ2v) is 2.85. The largest absolute Gasteiger partial charge is 0.480 e. The van der Waals surface area contributed by atoms with Crippen molar-refractivity contribution in [3.8, 4) is 0 Å². The van der Waals surface area contributed by atoms with Crippen LogP contribution in [0.15, 0.2) is 0 Å². The Balaban J connectivity index is 4.04. The highest BCUT2D eigenvalue weighted by Crippen LogP contribution is 1.87. The number of nitrogens with one attached hydrogen (secondary N) is 1. The van der Waals surface area contributed by atoms with Gasteiger partial charge < -0.3 is 15.3 Å². The third-order valence-corrected chi connectivity index (χ3v) is 1.22. The highest BCUT2D eigenvalue weighted by molar-refractivity contribution is 5.82. The first-order valence-electron chi connectivity index (χ1n) is 3.58. The third kappa shape index (κ3) is 4.68. The molecule has 0 unspecified atom stereocenters. The first kappa shape index (κ1) is 10.9. The summed E-state index contributed by atoms with van der Waals surface area (Å²) in [5.74, 6) is -1.34. The molecule has 0 saturated heterocycles. The van der Waals surface area contributed by atoms with Gasteiger partial charge in [0.25, 0.3) is 0 Å². The summed E-state index contributed by atoms with van der Waals surface area (Å²) >= 11 is 0. The van der Waals surface area contributed by atoms with Gasteiger partial charge in [-0.15, -0.1) is 0 Å². The van der Waals surface area contributed by atoms with E-state index >= 15 is 0 Å². The number of likely N-dealkylation sites (N-methyl/N-ethyl adjacent to an activating group) is 1. The standard InChI is InChI=1S/C7H14N2O3/c1-5(10)8-6(7(11)12)4-9(2)3/h6H,4H2,1-3H3,(H,8,10)(H,11,12)/t6-/m0/s1. The summed E-state index contributed by atoms with van der Waals surface area (Å²) < 4.78 is 0. The average Bonchev–Trinajstić information content (AvgIpc) is 1.83. The first-order valence-corrected chi connectivity index (χ1v) is 3.58. The number of carboxylic acid groups (broad SMARTS) is 1. The van der Waals surface area contributed by atoms with E-state index in [1.807, 2.05) is 0 Å². The Labute approximate surface area is 71.4 Å². The molecule has 12 heavy (non-hydrogen) atoms. The van der Waals surface area contributed by atoms with E-state index in [9.17, 15) is 9.59 Å². The molecule has 0 saturated carbocycles. The van der Waals surface area contributed by atoms with E-state index in [1.165, 1.54) is 6.92 Å². The molecule has 70 valence electrons. The molecule has 5 nitrogen and oxygen atoms in total. The van der Waals surface area contributed by atoms with Crippen LogP contribution in [0.4, 0.5) is 0 Å². The predicted molar refractivity (Wildman–Crippen MR) is 43.8 cm³/mol. The number of carboxylic acids is 1. The van der Waals surface area contributed by atoms with Gasteiger partial charge in [0.05, 0.1) is 0 Å². The van der Waals surface area contributed by atoms with Crippen LogP contribution in [0.1, 0.15) is 6.92 Å². The van der Waals surface area contributed by atoms with E-state index in [1.54, 1.807) is 19.0 Å². The zero-order valence-corrected chi connectivity index (χ0v) is 7.50. The van der Waals surface area contributed by atoms with Crippen molar-refractivity contribution in [2.24, 2.45) is 0 Å². The van der Waals surface area contributed by atoms with Gasteiger partial charge in [-0.05, 0) is 14.1 Å². The average molecular weight is 174 g/mol. The zero-order valence-electron chi connectivity index (χ0n) is 7.50. The number of aliphatic carboxylic acids is 1. The van der Waals surface area contributed by atoms with Crippen LogP contribution in [0, 0.1) is 0 Å². The van der Waals surface area contributed by atoms with Crippen LogP contribution in [0.25, 0.3) is 0 Å². The third-order valence-electron chi connectivity index (χ3n) is 1.22. The molecule has 5 heteroatoms. The van der Waals surface area contributed by atoms with E-state index in [-0.39, 0.29) is 5.91 Å². The fraction of sp³-hybridized carbons (Fsp3) is 0.714. The topological polar surface area (TPSA) is 69.6 Å². The highest BCUT2D eigenvalue weighted by atomic mass is 16.4. The molecular weight excluding hydrogens is 160 g/mol. The van der Waals surface area contributed by atoms with Gasteiger partial charge in [-0.1, -0.05) is 0 Å². The van der Waals surface area contributed by atoms with Gasteiger partial charge in [0, 0.05) is 13.5 Å². The summed E-state index contributed by atoms with van der Waals surface area (Å²) in [4.78, 5) is 22.8. The normalized spacial score (nSPS) is 12.7. The molecule has 0 radical (unpaired) electrons. The minimum Gasteiger partial charge on any atom is -0.480 e. The van der Waals surface area contributed by atoms with E-state index in [0.717, 1.165) is 0 Å². The van der Waals surface area contributed by atoms with Crippen molar-refractivity contribution >= 4 is 11.9 Å². The Morgan fingerprint density at radius 3 is 2.25 bits per heavy atom. The number of carbonyl (C=O) groups is 2. The van der Waals surface area contributed by atoms with E-state index in [2.05, 4.69) is 5.32 Å². The van der Waals surface area contributed by atoms with Gasteiger partial charge in [-0.25, -0.2) is 4.79 Å². The quantitative estimate of drug-likeness (QED) is 0.581. The molecule has 1 amide bonds. The molecule has 0 bridgehead atoms. The molecule has 1 atom stereocenters. The SMILES string of the molecule is CC(=O)N[C@@H](CN(C)C)C(=O)O. The fourth-order valence-electron chi connectivity index (χ4n) is 0.796. The Bertz CT molecular complexity index is 179. The Morgan fingerprint density at radius 2 is 2.00 bits per heavy atom. The van der Waals surface area contributed by atoms with Gasteiger partial charge in [-0.3, -0.25) is 4.79 Å². The lowest BCUT2D eigenvalue weighted by Crippen LogP contribution is -2.46. The maximum absolute atomic E-state index is 10.5. The molecule has 0 aromatic carbocycles. The smallest absolute Gasteiger partial charge is 0.327 e. The number of hydrogen-bond acceptors (Lipinski definition) is 3. The summed E-state index contributed by atoms with van der Waals surface area (Å²) in [6.45, 7) is 1.60. The van der Waals surface area contributed by atoms with Crippen LogP contribution in [0.3, 0.4) is 0 Å². The van der Waals surface area contributed by atoms with Crippen LogP contribution in [-0.4, -0.2) is 48.6 Å². The van der Waals surface area contributed by atoms with Crippen molar-refractivity contribution in [2.45, 2.75) is 13.0 Å². The van der Waals surface area contributed by atoms with E-state index in [4.69, 9.17) is 5.11 Å². The van der Waals surface area contributed by atoms with Gasteiger partial charge in [-0.2, -0.15) is 0 Å². The molecule has 2 N–H and O–H groups in total. The molecule has 0 aliphatic heterocycles. The van der Waals surface area contributed by atoms with Gasteiger partial charge in [0.1, 0.15) is 6.04 Å². The molecule has 0 aromatic rings. The summed E-state index contributed by atoms with van der Waals surface area (Å²) in [5.41, 5.74) is 0. The second-order valence-electron chi connectivity index (χ2n) is 2.85. The van der Waals surface area contributed by atoms with E-state index in [0.29, 0.717) is 6.54 Å². The van der Waals surface area contributed by atoms with Gasteiger partial charge in [0.2, 0.25) is 5.91 Å². The van der Waals surface area contributed by atoms with Gasteiger partial charge in [0.15, 0.2) is 0 Å². The lowest BCUT2D eigenvalue weighted by atomic mass is 10.3. The first-order chi connectivity index (χ1) is 5.43. The minimum absolute atomic E-state index is 0.301. The highest BCUT2D eigenvalue weighted by Gasteiger charge is 2.18. The molecule has 0 heterocycles.